The summed E-state index contributed by atoms with van der Waals surface area (Å²) in [5.41, 5.74) is 0. The number of carbonyl (C=O) groups is 1. The van der Waals surface area contributed by atoms with Crippen LogP contribution in [0.3, 0.4) is 0 Å². The van der Waals surface area contributed by atoms with Gasteiger partial charge in [-0.1, -0.05) is 19.8 Å². The van der Waals surface area contributed by atoms with Gasteiger partial charge in [-0.3, -0.25) is 4.79 Å². The van der Waals surface area contributed by atoms with Gasteiger partial charge in [-0.2, -0.15) is 11.8 Å². The maximum absolute atomic E-state index is 11.0. The molecule has 1 unspecified atom stereocenters. The largest absolute Gasteiger partial charge is 0.469 e. The third kappa shape index (κ3) is 4.55. The van der Waals surface area contributed by atoms with Crippen molar-refractivity contribution in [2.75, 3.05) is 18.6 Å². The van der Waals surface area contributed by atoms with Crippen molar-refractivity contribution >= 4 is 17.7 Å². The number of carbonyl (C=O) groups excluding carboxylic acids is 1. The van der Waals surface area contributed by atoms with Crippen molar-refractivity contribution in [1.82, 2.24) is 0 Å². The molecule has 13 heavy (non-hydrogen) atoms. The van der Waals surface area contributed by atoms with E-state index in [4.69, 9.17) is 0 Å². The molecule has 0 aliphatic heterocycles. The highest BCUT2D eigenvalue weighted by atomic mass is 32.2. The van der Waals surface area contributed by atoms with E-state index in [2.05, 4.69) is 4.74 Å². The fourth-order valence-corrected chi connectivity index (χ4v) is 2.34. The summed E-state index contributed by atoms with van der Waals surface area (Å²) in [4.78, 5) is 11.0. The first-order valence-electron chi connectivity index (χ1n) is 4.89. The van der Waals surface area contributed by atoms with Gasteiger partial charge in [-0.15, -0.1) is 0 Å². The van der Waals surface area contributed by atoms with Gasteiger partial charge >= 0.3 is 5.97 Å². The molecule has 0 bridgehead atoms. The fourth-order valence-electron chi connectivity index (χ4n) is 1.19. The lowest BCUT2D eigenvalue weighted by Crippen LogP contribution is -2.15. The Morgan fingerprint density at radius 2 is 2.31 bits per heavy atom. The minimum Gasteiger partial charge on any atom is -0.469 e. The summed E-state index contributed by atoms with van der Waals surface area (Å²) in [6.45, 7) is 1.93. The minimum absolute atomic E-state index is 0.0502. The zero-order valence-corrected chi connectivity index (χ0v) is 9.23. The number of rotatable bonds is 6. The molecule has 1 aliphatic rings. The number of esters is 1. The minimum atomic E-state index is -0.0843. The van der Waals surface area contributed by atoms with Gasteiger partial charge in [0.25, 0.3) is 0 Å². The summed E-state index contributed by atoms with van der Waals surface area (Å²) in [6, 6.07) is 0. The van der Waals surface area contributed by atoms with Gasteiger partial charge in [-0.25, -0.2) is 0 Å². The Morgan fingerprint density at radius 1 is 1.62 bits per heavy atom. The van der Waals surface area contributed by atoms with Crippen molar-refractivity contribution in [3.05, 3.63) is 0 Å². The molecular weight excluding hydrogens is 184 g/mol. The van der Waals surface area contributed by atoms with Crippen LogP contribution in [0.2, 0.25) is 0 Å². The van der Waals surface area contributed by atoms with Crippen LogP contribution in [-0.2, 0) is 9.53 Å². The summed E-state index contributed by atoms with van der Waals surface area (Å²) in [6.07, 6.45) is 4.18. The monoisotopic (exact) mass is 202 g/mol. The second-order valence-electron chi connectivity index (χ2n) is 3.73. The van der Waals surface area contributed by atoms with Crippen molar-refractivity contribution in [2.45, 2.75) is 26.2 Å². The second kappa shape index (κ2) is 5.53. The van der Waals surface area contributed by atoms with Crippen LogP contribution in [0, 0.1) is 11.8 Å². The molecule has 0 aromatic rings. The quantitative estimate of drug-likeness (QED) is 0.488. The molecule has 3 heteroatoms. The van der Waals surface area contributed by atoms with Crippen molar-refractivity contribution in [3.63, 3.8) is 0 Å². The first-order chi connectivity index (χ1) is 6.24. The molecule has 1 atom stereocenters. The molecule has 0 aromatic carbocycles. The maximum Gasteiger partial charge on any atom is 0.309 e. The predicted octanol–water partition coefficient (Wildman–Crippen LogP) is 2.33. The molecule has 76 valence electrons. The van der Waals surface area contributed by atoms with E-state index in [0.29, 0.717) is 0 Å². The van der Waals surface area contributed by atoms with E-state index < -0.39 is 0 Å². The highest BCUT2D eigenvalue weighted by Gasteiger charge is 2.20. The van der Waals surface area contributed by atoms with Gasteiger partial charge in [0.2, 0.25) is 0 Å². The molecule has 1 fully saturated rings. The third-order valence-corrected chi connectivity index (χ3v) is 3.60. The molecule has 0 aromatic heterocycles. The lowest BCUT2D eigenvalue weighted by Gasteiger charge is -2.07. The van der Waals surface area contributed by atoms with Gasteiger partial charge in [0.05, 0.1) is 13.0 Å². The molecule has 1 saturated carbocycles. The first-order valence-corrected chi connectivity index (χ1v) is 6.05. The zero-order valence-electron chi connectivity index (χ0n) is 8.41. The Balaban J connectivity index is 1.93. The zero-order chi connectivity index (χ0) is 9.68. The van der Waals surface area contributed by atoms with Gasteiger partial charge < -0.3 is 4.74 Å². The molecule has 1 aliphatic carbocycles. The SMILES string of the molecule is COC(=O)C(C)CSCCC1CC1. The number of methoxy groups -OCH3 is 1. The molecular formula is C10H18O2S. The molecule has 0 amide bonds. The van der Waals surface area contributed by atoms with Crippen LogP contribution >= 0.6 is 11.8 Å². The Morgan fingerprint density at radius 3 is 2.85 bits per heavy atom. The van der Waals surface area contributed by atoms with Crippen LogP contribution in [0.1, 0.15) is 26.2 Å². The summed E-state index contributed by atoms with van der Waals surface area (Å²) in [7, 11) is 1.45. The van der Waals surface area contributed by atoms with E-state index >= 15 is 0 Å². The summed E-state index contributed by atoms with van der Waals surface area (Å²) < 4.78 is 4.65. The first kappa shape index (κ1) is 10.9. The van der Waals surface area contributed by atoms with Gasteiger partial charge in [0, 0.05) is 5.75 Å². The van der Waals surface area contributed by atoms with Crippen molar-refractivity contribution in [1.29, 1.82) is 0 Å². The number of thioether (sulfide) groups is 1. The highest BCUT2D eigenvalue weighted by molar-refractivity contribution is 7.99. The Hall–Kier alpha value is -0.180. The average molecular weight is 202 g/mol. The fraction of sp³-hybridized carbons (Fsp3) is 0.900. The molecule has 0 radical (unpaired) electrons. The van der Waals surface area contributed by atoms with Crippen LogP contribution in [0.5, 0.6) is 0 Å². The standard InChI is InChI=1S/C10H18O2S/c1-8(10(11)12-2)7-13-6-5-9-3-4-9/h8-9H,3-7H2,1-2H3. The van der Waals surface area contributed by atoms with E-state index in [0.717, 1.165) is 11.7 Å². The molecule has 0 heterocycles. The maximum atomic E-state index is 11.0. The average Bonchev–Trinajstić information content (AvgIpc) is 2.94. The number of hydrogen-bond acceptors (Lipinski definition) is 3. The Kier molecular flexibility index (Phi) is 4.64. The van der Waals surface area contributed by atoms with E-state index in [-0.39, 0.29) is 11.9 Å². The molecule has 1 rings (SSSR count). The predicted molar refractivity (Wildman–Crippen MR) is 55.8 cm³/mol. The molecule has 0 spiro atoms. The summed E-state index contributed by atoms with van der Waals surface area (Å²) in [5, 5.41) is 0. The van der Waals surface area contributed by atoms with Crippen LogP contribution < -0.4 is 0 Å². The van der Waals surface area contributed by atoms with E-state index in [1.54, 1.807) is 0 Å². The van der Waals surface area contributed by atoms with Gasteiger partial charge in [0.15, 0.2) is 0 Å². The lowest BCUT2D eigenvalue weighted by molar-refractivity contribution is -0.143. The smallest absolute Gasteiger partial charge is 0.309 e. The van der Waals surface area contributed by atoms with Gasteiger partial charge in [0.1, 0.15) is 0 Å². The Bertz CT molecular complexity index is 166. The van der Waals surface area contributed by atoms with Crippen LogP contribution in [-0.4, -0.2) is 24.6 Å². The van der Waals surface area contributed by atoms with Crippen molar-refractivity contribution < 1.29 is 9.53 Å². The normalized spacial score (nSPS) is 18.3. The van der Waals surface area contributed by atoms with E-state index in [1.165, 1.54) is 32.1 Å². The molecule has 2 nitrogen and oxygen atoms in total. The van der Waals surface area contributed by atoms with Crippen LogP contribution in [0.15, 0.2) is 0 Å². The van der Waals surface area contributed by atoms with Gasteiger partial charge in [-0.05, 0) is 18.1 Å². The molecule has 0 N–H and O–H groups in total. The third-order valence-electron chi connectivity index (χ3n) is 2.34. The molecule has 0 saturated heterocycles. The Labute approximate surface area is 84.4 Å². The topological polar surface area (TPSA) is 26.3 Å². The van der Waals surface area contributed by atoms with Crippen molar-refractivity contribution in [2.24, 2.45) is 11.8 Å². The summed E-state index contributed by atoms with van der Waals surface area (Å²) >= 11 is 1.87. The van der Waals surface area contributed by atoms with E-state index in [1.807, 2.05) is 18.7 Å². The summed E-state index contributed by atoms with van der Waals surface area (Å²) in [5.74, 6) is 3.07. The van der Waals surface area contributed by atoms with Crippen molar-refractivity contribution in [3.8, 4) is 0 Å². The van der Waals surface area contributed by atoms with Crippen LogP contribution in [0.25, 0.3) is 0 Å². The van der Waals surface area contributed by atoms with Crippen LogP contribution in [0.4, 0.5) is 0 Å². The number of ether oxygens (including phenoxy) is 1. The number of hydrogen-bond donors (Lipinski definition) is 0. The highest BCUT2D eigenvalue weighted by Crippen LogP contribution is 2.33. The van der Waals surface area contributed by atoms with E-state index in [9.17, 15) is 4.79 Å². The second-order valence-corrected chi connectivity index (χ2v) is 4.88. The lowest BCUT2D eigenvalue weighted by atomic mass is 10.2.